The Balaban J connectivity index is 2.04. The zero-order valence-electron chi connectivity index (χ0n) is 16.8. The number of ether oxygens (including phenoxy) is 1. The van der Waals surface area contributed by atoms with Crippen molar-refractivity contribution in [2.24, 2.45) is 5.92 Å². The van der Waals surface area contributed by atoms with Crippen molar-refractivity contribution in [3.63, 3.8) is 0 Å². The van der Waals surface area contributed by atoms with Crippen LogP contribution >= 0.6 is 0 Å². The molecule has 0 spiro atoms. The van der Waals surface area contributed by atoms with Crippen LogP contribution in [0.25, 0.3) is 0 Å². The van der Waals surface area contributed by atoms with Gasteiger partial charge in [0.25, 0.3) is 15.9 Å². The quantitative estimate of drug-likeness (QED) is 0.632. The summed E-state index contributed by atoms with van der Waals surface area (Å²) in [6.45, 7) is 4.18. The van der Waals surface area contributed by atoms with Crippen molar-refractivity contribution in [3.05, 3.63) is 60.2 Å². The molecule has 29 heavy (non-hydrogen) atoms. The van der Waals surface area contributed by atoms with Gasteiger partial charge in [-0.1, -0.05) is 38.1 Å². The number of para-hydroxylation sites is 1. The molecule has 0 aliphatic carbocycles. The van der Waals surface area contributed by atoms with Gasteiger partial charge < -0.3 is 10.1 Å². The fourth-order valence-corrected chi connectivity index (χ4v) is 3.73. The molecule has 1 N–H and O–H groups in total. The van der Waals surface area contributed by atoms with Crippen LogP contribution < -0.4 is 9.62 Å². The Morgan fingerprint density at radius 1 is 1.07 bits per heavy atom. The minimum atomic E-state index is -3.85. The zero-order chi connectivity index (χ0) is 21.4. The van der Waals surface area contributed by atoms with Gasteiger partial charge in [0, 0.05) is 13.6 Å². The predicted octanol–water partition coefficient (Wildman–Crippen LogP) is 2.83. The SMILES string of the molecule is CC(C)CCNC(=O)COC(=O)c1cccc(S(=O)(=O)N(C)c2ccccc2)c1. The summed E-state index contributed by atoms with van der Waals surface area (Å²) in [5.74, 6) is -0.702. The molecule has 2 aromatic carbocycles. The lowest BCUT2D eigenvalue weighted by Gasteiger charge is -2.19. The smallest absolute Gasteiger partial charge is 0.338 e. The number of carbonyl (C=O) groups is 2. The van der Waals surface area contributed by atoms with E-state index in [2.05, 4.69) is 5.32 Å². The molecule has 0 saturated carbocycles. The zero-order valence-corrected chi connectivity index (χ0v) is 17.6. The first kappa shape index (κ1) is 22.4. The number of nitrogens with zero attached hydrogens (tertiary/aromatic N) is 1. The maximum absolute atomic E-state index is 12.9. The van der Waals surface area contributed by atoms with Gasteiger partial charge in [0.1, 0.15) is 0 Å². The Hall–Kier alpha value is -2.87. The standard InChI is InChI=1S/C21H26N2O5S/c1-16(2)12-13-22-20(24)15-28-21(25)17-8-7-11-19(14-17)29(26,27)23(3)18-9-5-4-6-10-18/h4-11,14,16H,12-13,15H2,1-3H3,(H,22,24). The molecule has 0 aliphatic rings. The van der Waals surface area contributed by atoms with Gasteiger partial charge >= 0.3 is 5.97 Å². The maximum Gasteiger partial charge on any atom is 0.338 e. The van der Waals surface area contributed by atoms with Crippen LogP contribution in [-0.2, 0) is 19.6 Å². The van der Waals surface area contributed by atoms with Crippen molar-refractivity contribution in [2.75, 3.05) is 24.5 Å². The van der Waals surface area contributed by atoms with Gasteiger partial charge in [-0.15, -0.1) is 0 Å². The van der Waals surface area contributed by atoms with Crippen molar-refractivity contribution in [1.82, 2.24) is 5.32 Å². The Bertz CT molecular complexity index is 943. The molecule has 7 nitrogen and oxygen atoms in total. The second-order valence-corrected chi connectivity index (χ2v) is 8.91. The van der Waals surface area contributed by atoms with Crippen LogP contribution in [0.3, 0.4) is 0 Å². The molecule has 1 amide bonds. The van der Waals surface area contributed by atoms with Gasteiger partial charge in [0.15, 0.2) is 6.61 Å². The van der Waals surface area contributed by atoms with Crippen molar-refractivity contribution < 1.29 is 22.7 Å². The molecule has 0 radical (unpaired) electrons. The van der Waals surface area contributed by atoms with Crippen molar-refractivity contribution >= 4 is 27.6 Å². The number of anilines is 1. The minimum Gasteiger partial charge on any atom is -0.452 e. The lowest BCUT2D eigenvalue weighted by atomic mass is 10.1. The number of hydrogen-bond donors (Lipinski definition) is 1. The Morgan fingerprint density at radius 2 is 1.76 bits per heavy atom. The predicted molar refractivity (Wildman–Crippen MR) is 111 cm³/mol. The third-order valence-corrected chi connectivity index (χ3v) is 6.01. The van der Waals surface area contributed by atoms with E-state index in [9.17, 15) is 18.0 Å². The highest BCUT2D eigenvalue weighted by Gasteiger charge is 2.22. The fourth-order valence-electron chi connectivity index (χ4n) is 2.48. The second-order valence-electron chi connectivity index (χ2n) is 6.94. The first-order chi connectivity index (χ1) is 13.7. The van der Waals surface area contributed by atoms with E-state index in [4.69, 9.17) is 4.74 Å². The molecule has 0 aromatic heterocycles. The van der Waals surface area contributed by atoms with Crippen LogP contribution in [-0.4, -0.2) is 40.5 Å². The van der Waals surface area contributed by atoms with Gasteiger partial charge in [0.2, 0.25) is 0 Å². The number of rotatable bonds is 9. The summed E-state index contributed by atoms with van der Waals surface area (Å²) in [6.07, 6.45) is 0.828. The molecule has 2 rings (SSSR count). The van der Waals surface area contributed by atoms with E-state index in [1.165, 1.54) is 31.3 Å². The number of esters is 1. The molecule has 0 unspecified atom stereocenters. The van der Waals surface area contributed by atoms with Gasteiger partial charge in [-0.05, 0) is 42.7 Å². The summed E-state index contributed by atoms with van der Waals surface area (Å²) in [7, 11) is -2.41. The molecule has 0 aliphatic heterocycles. The molecule has 8 heteroatoms. The largest absolute Gasteiger partial charge is 0.452 e. The average Bonchev–Trinajstić information content (AvgIpc) is 2.71. The molecule has 0 heterocycles. The van der Waals surface area contributed by atoms with Crippen LogP contribution in [0.15, 0.2) is 59.5 Å². The third-order valence-electron chi connectivity index (χ3n) is 4.23. The molecule has 0 saturated heterocycles. The average molecular weight is 419 g/mol. The summed E-state index contributed by atoms with van der Waals surface area (Å²) in [4.78, 5) is 23.9. The Morgan fingerprint density at radius 3 is 2.41 bits per heavy atom. The fraction of sp³-hybridized carbons (Fsp3) is 0.333. The Kier molecular flexibility index (Phi) is 7.78. The number of hydrogen-bond acceptors (Lipinski definition) is 5. The molecule has 2 aromatic rings. The summed E-state index contributed by atoms with van der Waals surface area (Å²) < 4.78 is 31.9. The number of carbonyl (C=O) groups excluding carboxylic acids is 2. The third kappa shape index (κ3) is 6.32. The molecule has 0 atom stereocenters. The van der Waals surface area contributed by atoms with E-state index < -0.39 is 28.5 Å². The first-order valence-electron chi connectivity index (χ1n) is 9.29. The summed E-state index contributed by atoms with van der Waals surface area (Å²) >= 11 is 0. The Labute approximate surface area is 171 Å². The normalized spacial score (nSPS) is 11.2. The second kappa shape index (κ2) is 10.1. The van der Waals surface area contributed by atoms with Crippen molar-refractivity contribution in [1.29, 1.82) is 0 Å². The number of nitrogens with one attached hydrogen (secondary N) is 1. The molecular weight excluding hydrogens is 392 g/mol. The molecule has 0 bridgehead atoms. The van der Waals surface area contributed by atoms with Gasteiger partial charge in [0.05, 0.1) is 16.1 Å². The van der Waals surface area contributed by atoms with E-state index in [0.29, 0.717) is 18.2 Å². The van der Waals surface area contributed by atoms with Crippen LogP contribution in [0.5, 0.6) is 0 Å². The van der Waals surface area contributed by atoms with Gasteiger partial charge in [-0.2, -0.15) is 0 Å². The summed E-state index contributed by atoms with van der Waals surface area (Å²) in [5.41, 5.74) is 0.557. The van der Waals surface area contributed by atoms with Crippen molar-refractivity contribution in [3.8, 4) is 0 Å². The van der Waals surface area contributed by atoms with Crippen LogP contribution in [0.1, 0.15) is 30.6 Å². The molecule has 156 valence electrons. The molecular formula is C21H26N2O5S. The summed E-state index contributed by atoms with van der Waals surface area (Å²) in [6, 6.07) is 14.2. The lowest BCUT2D eigenvalue weighted by molar-refractivity contribution is -0.124. The highest BCUT2D eigenvalue weighted by molar-refractivity contribution is 7.92. The van der Waals surface area contributed by atoms with Gasteiger partial charge in [-0.3, -0.25) is 9.10 Å². The lowest BCUT2D eigenvalue weighted by Crippen LogP contribution is -2.30. The maximum atomic E-state index is 12.9. The topological polar surface area (TPSA) is 92.8 Å². The minimum absolute atomic E-state index is 0.0420. The number of benzene rings is 2. The van der Waals surface area contributed by atoms with E-state index >= 15 is 0 Å². The van der Waals surface area contributed by atoms with E-state index in [1.807, 2.05) is 13.8 Å². The monoisotopic (exact) mass is 418 g/mol. The van der Waals surface area contributed by atoms with E-state index in [1.54, 1.807) is 30.3 Å². The highest BCUT2D eigenvalue weighted by Crippen LogP contribution is 2.22. The van der Waals surface area contributed by atoms with Crippen LogP contribution in [0.4, 0.5) is 5.69 Å². The van der Waals surface area contributed by atoms with Crippen LogP contribution in [0.2, 0.25) is 0 Å². The first-order valence-corrected chi connectivity index (χ1v) is 10.7. The van der Waals surface area contributed by atoms with Crippen LogP contribution in [0, 0.1) is 5.92 Å². The van der Waals surface area contributed by atoms with E-state index in [-0.39, 0.29) is 10.5 Å². The van der Waals surface area contributed by atoms with E-state index in [0.717, 1.165) is 10.7 Å². The van der Waals surface area contributed by atoms with Gasteiger partial charge in [-0.25, -0.2) is 13.2 Å². The number of sulfonamides is 1. The highest BCUT2D eigenvalue weighted by atomic mass is 32.2. The number of amides is 1. The summed E-state index contributed by atoms with van der Waals surface area (Å²) in [5, 5.41) is 2.67. The van der Waals surface area contributed by atoms with Crippen molar-refractivity contribution in [2.45, 2.75) is 25.2 Å². The molecule has 0 fully saturated rings.